The highest BCUT2D eigenvalue weighted by Gasteiger charge is 2.32. The Balaban J connectivity index is 3.05. The second-order valence-electron chi connectivity index (χ2n) is 2.79. The van der Waals surface area contributed by atoms with Gasteiger partial charge in [-0.05, 0) is 12.1 Å². The molecule has 0 radical (unpaired) electrons. The second-order valence-corrected chi connectivity index (χ2v) is 3.35. The van der Waals surface area contributed by atoms with Gasteiger partial charge < -0.3 is 9.47 Å². The molecular weight excluding hydrogens is 315 g/mol. The van der Waals surface area contributed by atoms with Crippen molar-refractivity contribution in [3.05, 3.63) is 23.8 Å². The number of benzene rings is 1. The maximum Gasteiger partial charge on any atom is 0.573 e. The Morgan fingerprint density at radius 3 is 2.24 bits per heavy atom. The van der Waals surface area contributed by atoms with Crippen LogP contribution in [0.3, 0.4) is 0 Å². The lowest BCUT2D eigenvalue weighted by atomic mass is 10.2. The van der Waals surface area contributed by atoms with Crippen molar-refractivity contribution in [1.82, 2.24) is 0 Å². The SMILES string of the molecule is FC(F)Oc1cccc(OC(F)(F)F)c1CBr. The first kappa shape index (κ1) is 14.0. The molecule has 0 saturated heterocycles. The van der Waals surface area contributed by atoms with E-state index >= 15 is 0 Å². The Morgan fingerprint density at radius 1 is 1.18 bits per heavy atom. The largest absolute Gasteiger partial charge is 0.573 e. The van der Waals surface area contributed by atoms with Crippen LogP contribution in [0.1, 0.15) is 5.56 Å². The quantitative estimate of drug-likeness (QED) is 0.614. The summed E-state index contributed by atoms with van der Waals surface area (Å²) in [5, 5.41) is -0.110. The van der Waals surface area contributed by atoms with E-state index in [1.54, 1.807) is 0 Å². The average Bonchev–Trinajstić information content (AvgIpc) is 2.14. The van der Waals surface area contributed by atoms with E-state index in [1.165, 1.54) is 0 Å². The van der Waals surface area contributed by atoms with E-state index in [-0.39, 0.29) is 16.6 Å². The molecule has 0 atom stereocenters. The van der Waals surface area contributed by atoms with E-state index in [0.29, 0.717) is 0 Å². The van der Waals surface area contributed by atoms with Gasteiger partial charge in [0.25, 0.3) is 0 Å². The predicted octanol–water partition coefficient (Wildman–Crippen LogP) is 4.08. The Hall–Kier alpha value is -1.05. The van der Waals surface area contributed by atoms with Crippen LogP contribution in [0.25, 0.3) is 0 Å². The van der Waals surface area contributed by atoms with Crippen LogP contribution in [0.15, 0.2) is 18.2 Å². The summed E-state index contributed by atoms with van der Waals surface area (Å²) in [6.45, 7) is -3.12. The van der Waals surface area contributed by atoms with Gasteiger partial charge >= 0.3 is 13.0 Å². The summed E-state index contributed by atoms with van der Waals surface area (Å²) >= 11 is 2.88. The number of hydrogen-bond donors (Lipinski definition) is 0. The van der Waals surface area contributed by atoms with Crippen molar-refractivity contribution in [2.45, 2.75) is 18.3 Å². The summed E-state index contributed by atoms with van der Waals surface area (Å²) in [4.78, 5) is 0. The average molecular weight is 321 g/mol. The normalized spacial score (nSPS) is 11.7. The molecule has 0 bridgehead atoms. The smallest absolute Gasteiger partial charge is 0.434 e. The van der Waals surface area contributed by atoms with E-state index in [1.807, 2.05) is 0 Å². The standard InChI is InChI=1S/C9H6BrF5O2/c10-4-5-6(16-8(11)12)2-1-3-7(5)17-9(13,14)15/h1-3,8H,4H2. The van der Waals surface area contributed by atoms with E-state index in [0.717, 1.165) is 18.2 Å². The Labute approximate surface area is 101 Å². The Kier molecular flexibility index (Phi) is 4.55. The van der Waals surface area contributed by atoms with Crippen LogP contribution in [0, 0.1) is 0 Å². The molecule has 0 spiro atoms. The van der Waals surface area contributed by atoms with Gasteiger partial charge in [0.05, 0.1) is 0 Å². The lowest BCUT2D eigenvalue weighted by Crippen LogP contribution is -2.18. The van der Waals surface area contributed by atoms with E-state index < -0.39 is 18.7 Å². The third-order valence-corrected chi connectivity index (χ3v) is 2.23. The summed E-state index contributed by atoms with van der Waals surface area (Å²) in [5.41, 5.74) is -0.134. The highest BCUT2D eigenvalue weighted by atomic mass is 79.9. The zero-order chi connectivity index (χ0) is 13.1. The van der Waals surface area contributed by atoms with Crippen LogP contribution in [0.5, 0.6) is 11.5 Å². The number of alkyl halides is 6. The van der Waals surface area contributed by atoms with Crippen molar-refractivity contribution in [2.24, 2.45) is 0 Å². The van der Waals surface area contributed by atoms with Crippen molar-refractivity contribution in [1.29, 1.82) is 0 Å². The molecule has 1 aromatic rings. The fourth-order valence-electron chi connectivity index (χ4n) is 1.10. The van der Waals surface area contributed by atoms with Gasteiger partial charge in [-0.2, -0.15) is 8.78 Å². The van der Waals surface area contributed by atoms with Crippen molar-refractivity contribution < 1.29 is 31.4 Å². The third-order valence-electron chi connectivity index (χ3n) is 1.67. The van der Waals surface area contributed by atoms with Crippen LogP contribution >= 0.6 is 15.9 Å². The molecule has 0 fully saturated rings. The molecule has 0 aromatic heterocycles. The Morgan fingerprint density at radius 2 is 1.76 bits per heavy atom. The summed E-state index contributed by atoms with van der Waals surface area (Å²) < 4.78 is 67.9. The molecule has 8 heteroatoms. The van der Waals surface area contributed by atoms with Gasteiger partial charge in [-0.3, -0.25) is 0 Å². The lowest BCUT2D eigenvalue weighted by Gasteiger charge is -2.15. The Bertz CT molecular complexity index is 380. The summed E-state index contributed by atoms with van der Waals surface area (Å²) in [5.74, 6) is -0.939. The zero-order valence-corrected chi connectivity index (χ0v) is 9.69. The zero-order valence-electron chi connectivity index (χ0n) is 8.10. The minimum absolute atomic E-state index is 0.110. The van der Waals surface area contributed by atoms with Gasteiger partial charge in [0.15, 0.2) is 0 Å². The molecule has 0 amide bonds. The van der Waals surface area contributed by atoms with Crippen molar-refractivity contribution in [3.63, 3.8) is 0 Å². The van der Waals surface area contributed by atoms with Crippen LogP contribution in [-0.2, 0) is 5.33 Å². The minimum atomic E-state index is -4.89. The molecule has 0 saturated carbocycles. The van der Waals surface area contributed by atoms with Crippen molar-refractivity contribution >= 4 is 15.9 Å². The molecular formula is C9H6BrF5O2. The highest BCUT2D eigenvalue weighted by Crippen LogP contribution is 2.34. The van der Waals surface area contributed by atoms with Gasteiger partial charge in [-0.25, -0.2) is 0 Å². The van der Waals surface area contributed by atoms with E-state index in [9.17, 15) is 22.0 Å². The van der Waals surface area contributed by atoms with Gasteiger partial charge in [0.1, 0.15) is 11.5 Å². The number of ether oxygens (including phenoxy) is 2. The lowest BCUT2D eigenvalue weighted by molar-refractivity contribution is -0.274. The highest BCUT2D eigenvalue weighted by molar-refractivity contribution is 9.08. The molecule has 1 aromatic carbocycles. The van der Waals surface area contributed by atoms with Gasteiger partial charge in [-0.1, -0.05) is 22.0 Å². The molecule has 0 unspecified atom stereocenters. The molecule has 96 valence electrons. The first-order valence-corrected chi connectivity index (χ1v) is 5.34. The molecule has 17 heavy (non-hydrogen) atoms. The van der Waals surface area contributed by atoms with Gasteiger partial charge in [-0.15, -0.1) is 13.2 Å². The fourth-order valence-corrected chi connectivity index (χ4v) is 1.66. The van der Waals surface area contributed by atoms with Crippen LogP contribution in [0.4, 0.5) is 22.0 Å². The van der Waals surface area contributed by atoms with Gasteiger partial charge in [0, 0.05) is 10.9 Å². The molecule has 1 rings (SSSR count). The van der Waals surface area contributed by atoms with Crippen molar-refractivity contribution in [2.75, 3.05) is 0 Å². The maximum absolute atomic E-state index is 12.0. The molecule has 0 aliphatic rings. The first-order chi connectivity index (χ1) is 7.83. The summed E-state index contributed by atoms with van der Waals surface area (Å²) in [7, 11) is 0. The van der Waals surface area contributed by atoms with Crippen molar-refractivity contribution in [3.8, 4) is 11.5 Å². The van der Waals surface area contributed by atoms with E-state index in [4.69, 9.17) is 0 Å². The van der Waals surface area contributed by atoms with Crippen LogP contribution in [0.2, 0.25) is 0 Å². The fraction of sp³-hybridized carbons (Fsp3) is 0.333. The molecule has 0 N–H and O–H groups in total. The maximum atomic E-state index is 12.0. The predicted molar refractivity (Wildman–Crippen MR) is 52.4 cm³/mol. The molecule has 0 heterocycles. The first-order valence-electron chi connectivity index (χ1n) is 4.22. The molecule has 2 nitrogen and oxygen atoms in total. The molecule has 0 aliphatic carbocycles. The topological polar surface area (TPSA) is 18.5 Å². The third kappa shape index (κ3) is 4.37. The second kappa shape index (κ2) is 5.52. The number of halogens is 6. The van der Waals surface area contributed by atoms with Crippen LogP contribution < -0.4 is 9.47 Å². The monoisotopic (exact) mass is 320 g/mol. The van der Waals surface area contributed by atoms with E-state index in [2.05, 4.69) is 25.4 Å². The number of rotatable bonds is 4. The number of hydrogen-bond acceptors (Lipinski definition) is 2. The molecule has 0 aliphatic heterocycles. The minimum Gasteiger partial charge on any atom is -0.434 e. The summed E-state index contributed by atoms with van der Waals surface area (Å²) in [6.07, 6.45) is -4.89. The summed E-state index contributed by atoms with van der Waals surface area (Å²) in [6, 6.07) is 3.28. The van der Waals surface area contributed by atoms with Gasteiger partial charge in [0.2, 0.25) is 0 Å². The van der Waals surface area contributed by atoms with Crippen LogP contribution in [-0.4, -0.2) is 13.0 Å².